The number of hydrogen-bond acceptors (Lipinski definition) is 3. The van der Waals surface area contributed by atoms with Gasteiger partial charge >= 0.3 is 0 Å². The molecule has 0 amide bonds. The molecule has 0 bridgehead atoms. The third-order valence-corrected chi connectivity index (χ3v) is 6.02. The second-order valence-corrected chi connectivity index (χ2v) is 8.61. The summed E-state index contributed by atoms with van der Waals surface area (Å²) in [4.78, 5) is 9.02. The van der Waals surface area contributed by atoms with Gasteiger partial charge in [-0.2, -0.15) is 5.26 Å². The smallest absolute Gasteiger partial charge is 0.128 e. The number of aryl methyl sites for hydroxylation is 4. The van der Waals surface area contributed by atoms with E-state index in [0.717, 1.165) is 42.6 Å². The summed E-state index contributed by atoms with van der Waals surface area (Å²) >= 11 is 0. The Hall–Kier alpha value is -2.99. The lowest BCUT2D eigenvalue weighted by Gasteiger charge is -2.09. The van der Waals surface area contributed by atoms with Crippen molar-refractivity contribution < 1.29 is 0 Å². The largest absolute Gasteiger partial charge is 0.241 e. The predicted molar refractivity (Wildman–Crippen MR) is 132 cm³/mol. The Kier molecular flexibility index (Phi) is 9.44. The minimum Gasteiger partial charge on any atom is -0.241 e. The molecule has 1 heterocycles. The Morgan fingerprint density at radius 3 is 1.88 bits per heavy atom. The van der Waals surface area contributed by atoms with Crippen molar-refractivity contribution in [1.29, 1.82) is 5.26 Å². The van der Waals surface area contributed by atoms with E-state index in [0.29, 0.717) is 5.56 Å². The van der Waals surface area contributed by atoms with E-state index in [1.165, 1.54) is 55.2 Å². The first-order valence-corrected chi connectivity index (χ1v) is 12.2. The Morgan fingerprint density at radius 1 is 0.688 bits per heavy atom. The average Bonchev–Trinajstić information content (AvgIpc) is 2.84. The van der Waals surface area contributed by atoms with Crippen LogP contribution in [0.15, 0.2) is 54.9 Å². The van der Waals surface area contributed by atoms with Crippen LogP contribution in [0.5, 0.6) is 0 Å². The topological polar surface area (TPSA) is 49.6 Å². The van der Waals surface area contributed by atoms with Crippen LogP contribution < -0.4 is 0 Å². The first-order valence-electron chi connectivity index (χ1n) is 12.2. The van der Waals surface area contributed by atoms with E-state index in [9.17, 15) is 5.26 Å². The minimum atomic E-state index is 0.691. The van der Waals surface area contributed by atoms with Crippen LogP contribution in [0.3, 0.4) is 0 Å². The van der Waals surface area contributed by atoms with Crippen molar-refractivity contribution in [2.45, 2.75) is 78.1 Å². The molecule has 0 atom stereocenters. The molecule has 0 N–H and O–H groups in total. The number of benzene rings is 2. The van der Waals surface area contributed by atoms with Crippen LogP contribution >= 0.6 is 0 Å². The zero-order valence-electron chi connectivity index (χ0n) is 19.6. The van der Waals surface area contributed by atoms with Crippen LogP contribution in [0.25, 0.3) is 11.1 Å². The third kappa shape index (κ3) is 7.02. The van der Waals surface area contributed by atoms with E-state index in [2.05, 4.69) is 60.2 Å². The number of unbranched alkanes of at least 4 members (excludes halogenated alkanes) is 4. The summed E-state index contributed by atoms with van der Waals surface area (Å²) in [6.07, 6.45) is 15.1. The molecule has 0 aliphatic heterocycles. The molecule has 0 saturated heterocycles. The monoisotopic (exact) mass is 425 g/mol. The Bertz CT molecular complexity index is 998. The quantitative estimate of drug-likeness (QED) is 0.287. The zero-order valence-corrected chi connectivity index (χ0v) is 19.6. The molecule has 0 saturated carbocycles. The van der Waals surface area contributed by atoms with Gasteiger partial charge in [0, 0.05) is 29.9 Å². The number of rotatable bonds is 12. The molecule has 0 aliphatic carbocycles. The van der Waals surface area contributed by atoms with Crippen LogP contribution in [0.1, 0.15) is 80.5 Å². The van der Waals surface area contributed by atoms with Gasteiger partial charge in [-0.15, -0.1) is 0 Å². The van der Waals surface area contributed by atoms with E-state index in [1.54, 1.807) is 0 Å². The zero-order chi connectivity index (χ0) is 22.6. The molecule has 0 spiro atoms. The highest BCUT2D eigenvalue weighted by Crippen LogP contribution is 2.24. The number of hydrogen-bond donors (Lipinski definition) is 0. The molecule has 32 heavy (non-hydrogen) atoms. The molecule has 3 heteroatoms. The molecular weight excluding hydrogens is 390 g/mol. The molecule has 0 fully saturated rings. The highest BCUT2D eigenvalue weighted by molar-refractivity contribution is 5.69. The standard InChI is InChI=1S/C29H35N3/c1-3-5-7-9-23-11-13-24(14-12-23)15-16-25-17-18-28(26(19-25)20-30)27-21-31-29(32-22-27)10-8-6-4-2/h11-14,17-19,21-22H,3-10,15-16H2,1-2H3. The maximum Gasteiger partial charge on any atom is 0.128 e. The maximum atomic E-state index is 9.72. The Labute approximate surface area is 193 Å². The van der Waals surface area contributed by atoms with Crippen LogP contribution in [0.2, 0.25) is 0 Å². The Morgan fingerprint density at radius 2 is 1.25 bits per heavy atom. The lowest BCUT2D eigenvalue weighted by atomic mass is 9.96. The lowest BCUT2D eigenvalue weighted by molar-refractivity contribution is 0.693. The van der Waals surface area contributed by atoms with E-state index in [4.69, 9.17) is 0 Å². The molecule has 3 rings (SSSR count). The van der Waals surface area contributed by atoms with Crippen LogP contribution in [0.4, 0.5) is 0 Å². The SMILES string of the molecule is CCCCCc1ccc(CCc2ccc(-c3cnc(CCCCC)nc3)c(C#N)c2)cc1. The molecule has 2 aromatic carbocycles. The average molecular weight is 426 g/mol. The van der Waals surface area contributed by atoms with Gasteiger partial charge in [0.25, 0.3) is 0 Å². The fourth-order valence-electron chi connectivity index (χ4n) is 3.99. The number of aromatic nitrogens is 2. The highest BCUT2D eigenvalue weighted by atomic mass is 14.9. The maximum absolute atomic E-state index is 9.72. The van der Waals surface area contributed by atoms with Gasteiger partial charge in [0.2, 0.25) is 0 Å². The van der Waals surface area contributed by atoms with Gasteiger partial charge in [0.1, 0.15) is 5.82 Å². The third-order valence-electron chi connectivity index (χ3n) is 6.02. The first kappa shape index (κ1) is 23.7. The number of nitriles is 1. The van der Waals surface area contributed by atoms with Crippen molar-refractivity contribution in [3.63, 3.8) is 0 Å². The summed E-state index contributed by atoms with van der Waals surface area (Å²) in [5, 5.41) is 9.72. The van der Waals surface area contributed by atoms with Crippen molar-refractivity contribution in [1.82, 2.24) is 9.97 Å². The van der Waals surface area contributed by atoms with Gasteiger partial charge in [-0.1, -0.05) is 75.9 Å². The van der Waals surface area contributed by atoms with Crippen molar-refractivity contribution in [2.75, 3.05) is 0 Å². The number of nitrogens with zero attached hydrogens (tertiary/aromatic N) is 3. The van der Waals surface area contributed by atoms with Gasteiger partial charge in [-0.05, 0) is 54.9 Å². The van der Waals surface area contributed by atoms with Gasteiger partial charge in [-0.3, -0.25) is 0 Å². The van der Waals surface area contributed by atoms with E-state index >= 15 is 0 Å². The minimum absolute atomic E-state index is 0.691. The van der Waals surface area contributed by atoms with Gasteiger partial charge in [0.15, 0.2) is 0 Å². The molecule has 3 aromatic rings. The summed E-state index contributed by atoms with van der Waals surface area (Å²) in [5.74, 6) is 0.883. The van der Waals surface area contributed by atoms with Crippen molar-refractivity contribution >= 4 is 0 Å². The van der Waals surface area contributed by atoms with E-state index in [-0.39, 0.29) is 0 Å². The fourth-order valence-corrected chi connectivity index (χ4v) is 3.99. The van der Waals surface area contributed by atoms with E-state index in [1.807, 2.05) is 24.5 Å². The molecule has 0 radical (unpaired) electrons. The van der Waals surface area contributed by atoms with E-state index < -0.39 is 0 Å². The Balaban J connectivity index is 1.61. The van der Waals surface area contributed by atoms with Crippen molar-refractivity contribution in [2.24, 2.45) is 0 Å². The van der Waals surface area contributed by atoms with Crippen LogP contribution in [0, 0.1) is 11.3 Å². The molecule has 166 valence electrons. The molecule has 0 unspecified atom stereocenters. The highest BCUT2D eigenvalue weighted by Gasteiger charge is 2.08. The first-order chi connectivity index (χ1) is 15.7. The summed E-state index contributed by atoms with van der Waals surface area (Å²) in [6, 6.07) is 17.6. The van der Waals surface area contributed by atoms with Crippen LogP contribution in [-0.2, 0) is 25.7 Å². The van der Waals surface area contributed by atoms with Gasteiger partial charge in [-0.25, -0.2) is 9.97 Å². The normalized spacial score (nSPS) is 10.8. The predicted octanol–water partition coefficient (Wildman–Crippen LogP) is 7.27. The molecular formula is C29H35N3. The van der Waals surface area contributed by atoms with Crippen molar-refractivity contribution in [3.05, 3.63) is 82.9 Å². The molecule has 0 aliphatic rings. The summed E-state index contributed by atoms with van der Waals surface area (Å²) in [6.45, 7) is 4.44. The van der Waals surface area contributed by atoms with Gasteiger partial charge < -0.3 is 0 Å². The second-order valence-electron chi connectivity index (χ2n) is 8.61. The summed E-state index contributed by atoms with van der Waals surface area (Å²) < 4.78 is 0. The lowest BCUT2D eigenvalue weighted by Crippen LogP contribution is -1.97. The fraction of sp³-hybridized carbons (Fsp3) is 0.414. The summed E-state index contributed by atoms with van der Waals surface area (Å²) in [7, 11) is 0. The molecule has 1 aromatic heterocycles. The van der Waals surface area contributed by atoms with Crippen LogP contribution in [-0.4, -0.2) is 9.97 Å². The second kappa shape index (κ2) is 12.8. The molecule has 3 nitrogen and oxygen atoms in total. The van der Waals surface area contributed by atoms with Gasteiger partial charge in [0.05, 0.1) is 11.6 Å². The summed E-state index contributed by atoms with van der Waals surface area (Å²) in [5.41, 5.74) is 6.47. The van der Waals surface area contributed by atoms with Crippen molar-refractivity contribution in [3.8, 4) is 17.2 Å².